The maximum atomic E-state index is 6.47. The molecule has 6 aromatic carbocycles. The summed E-state index contributed by atoms with van der Waals surface area (Å²) >= 11 is 1.86. The van der Waals surface area contributed by atoms with E-state index in [1.165, 1.54) is 31.3 Å². The third-order valence-electron chi connectivity index (χ3n) is 9.72. The van der Waals surface area contributed by atoms with Crippen LogP contribution in [0.3, 0.4) is 0 Å². The summed E-state index contributed by atoms with van der Waals surface area (Å²) in [6.07, 6.45) is 0. The van der Waals surface area contributed by atoms with E-state index < -0.39 is 18.3 Å². The van der Waals surface area contributed by atoms with E-state index in [2.05, 4.69) is 178 Å². The quantitative estimate of drug-likeness (QED) is 0.171. The highest BCUT2D eigenvalue weighted by molar-refractivity contribution is 7.26. The zero-order chi connectivity index (χ0) is 32.2. The number of hydrogen-bond donors (Lipinski definition) is 0. The van der Waals surface area contributed by atoms with E-state index in [9.17, 15) is 0 Å². The Morgan fingerprint density at radius 2 is 1.04 bits per heavy atom. The van der Waals surface area contributed by atoms with Crippen LogP contribution in [-0.4, -0.2) is 18.3 Å². The lowest BCUT2D eigenvalue weighted by Crippen LogP contribution is -2.41. The molecule has 0 aliphatic carbocycles. The summed E-state index contributed by atoms with van der Waals surface area (Å²) in [7, 11) is -0.423. The molecule has 2 heterocycles. The minimum atomic E-state index is -0.423. The fourth-order valence-corrected chi connectivity index (χ4v) is 7.74. The van der Waals surface area contributed by atoms with E-state index in [0.717, 1.165) is 33.7 Å². The highest BCUT2D eigenvalue weighted by atomic mass is 32.1. The van der Waals surface area contributed by atoms with Crippen molar-refractivity contribution in [2.45, 2.75) is 38.9 Å². The van der Waals surface area contributed by atoms with Crippen LogP contribution in [0.4, 0.5) is 17.1 Å². The SMILES string of the molecule is CC1(C)OB(c2ccccc2-c2ccc(-c3cc(N(c4ccccc4)c4ccccc4)cc4c3sc3ccccc34)cc2)OC1(C)C. The molecule has 1 aliphatic heterocycles. The normalized spacial score (nSPS) is 15.4. The van der Waals surface area contributed by atoms with Crippen molar-refractivity contribution in [1.29, 1.82) is 0 Å². The summed E-state index contributed by atoms with van der Waals surface area (Å²) in [5, 5.41) is 2.55. The molecule has 3 nitrogen and oxygen atoms in total. The van der Waals surface area contributed by atoms with Crippen molar-refractivity contribution in [3.8, 4) is 22.3 Å². The van der Waals surface area contributed by atoms with Crippen molar-refractivity contribution in [2.24, 2.45) is 0 Å². The van der Waals surface area contributed by atoms with Crippen molar-refractivity contribution in [3.05, 3.63) is 146 Å². The summed E-state index contributed by atoms with van der Waals surface area (Å²) < 4.78 is 15.5. The van der Waals surface area contributed by atoms with E-state index in [4.69, 9.17) is 9.31 Å². The van der Waals surface area contributed by atoms with E-state index in [0.29, 0.717) is 0 Å². The van der Waals surface area contributed by atoms with Crippen molar-refractivity contribution < 1.29 is 9.31 Å². The predicted octanol–water partition coefficient (Wildman–Crippen LogP) is 11.2. The van der Waals surface area contributed by atoms with Gasteiger partial charge in [-0.25, -0.2) is 0 Å². The average molecular weight is 630 g/mol. The highest BCUT2D eigenvalue weighted by Gasteiger charge is 2.52. The second kappa shape index (κ2) is 11.5. The minimum Gasteiger partial charge on any atom is -0.399 e. The number of hydrogen-bond acceptors (Lipinski definition) is 4. The van der Waals surface area contributed by atoms with Gasteiger partial charge >= 0.3 is 7.12 Å². The summed E-state index contributed by atoms with van der Waals surface area (Å²) in [5.41, 5.74) is 8.29. The molecular formula is C42H36BNO2S. The van der Waals surface area contributed by atoms with Gasteiger partial charge in [-0.1, -0.05) is 103 Å². The van der Waals surface area contributed by atoms with Crippen LogP contribution in [0.25, 0.3) is 42.4 Å². The summed E-state index contributed by atoms with van der Waals surface area (Å²) in [5.74, 6) is 0. The fourth-order valence-electron chi connectivity index (χ4n) is 6.52. The Kier molecular flexibility index (Phi) is 7.29. The van der Waals surface area contributed by atoms with Crippen molar-refractivity contribution in [3.63, 3.8) is 0 Å². The molecular weight excluding hydrogens is 593 g/mol. The largest absolute Gasteiger partial charge is 0.495 e. The number of para-hydroxylation sites is 2. The molecule has 47 heavy (non-hydrogen) atoms. The molecule has 7 aromatic rings. The van der Waals surface area contributed by atoms with Gasteiger partial charge in [0.05, 0.1) is 11.2 Å². The van der Waals surface area contributed by atoms with Gasteiger partial charge in [-0.15, -0.1) is 11.3 Å². The molecule has 230 valence electrons. The first-order chi connectivity index (χ1) is 22.8. The lowest BCUT2D eigenvalue weighted by molar-refractivity contribution is 0.00578. The maximum Gasteiger partial charge on any atom is 0.495 e. The molecule has 8 rings (SSSR count). The smallest absolute Gasteiger partial charge is 0.399 e. The van der Waals surface area contributed by atoms with Crippen LogP contribution in [0.5, 0.6) is 0 Å². The standard InChI is InChI=1S/C42H36BNO2S/c1-41(2)42(3,4)46-43(45-41)38-21-13-11-19-34(38)29-23-25-30(26-24-29)36-27-33(28-37-35-20-12-14-22-39(35)47-40(36)37)44(31-15-7-5-8-16-31)32-17-9-6-10-18-32/h5-28H,1-4H3. The number of anilines is 3. The first kappa shape index (κ1) is 29.7. The molecule has 0 saturated carbocycles. The van der Waals surface area contributed by atoms with Gasteiger partial charge < -0.3 is 14.2 Å². The molecule has 0 bridgehead atoms. The molecule has 1 fully saturated rings. The van der Waals surface area contributed by atoms with Crippen LogP contribution in [-0.2, 0) is 9.31 Å². The first-order valence-electron chi connectivity index (χ1n) is 16.2. The van der Waals surface area contributed by atoms with Crippen LogP contribution < -0.4 is 10.4 Å². The third-order valence-corrected chi connectivity index (χ3v) is 10.9. The molecule has 0 unspecified atom stereocenters. The minimum absolute atomic E-state index is 0.400. The van der Waals surface area contributed by atoms with E-state index in [1.807, 2.05) is 11.3 Å². The second-order valence-corrected chi connectivity index (χ2v) is 14.3. The molecule has 0 radical (unpaired) electrons. The number of fused-ring (bicyclic) bond motifs is 3. The lowest BCUT2D eigenvalue weighted by Gasteiger charge is -2.32. The summed E-state index contributed by atoms with van der Waals surface area (Å²) in [4.78, 5) is 2.35. The zero-order valence-corrected chi connectivity index (χ0v) is 27.9. The van der Waals surface area contributed by atoms with Crippen molar-refractivity contribution in [1.82, 2.24) is 0 Å². The van der Waals surface area contributed by atoms with Gasteiger partial charge in [0.1, 0.15) is 0 Å². The Morgan fingerprint density at radius 1 is 0.511 bits per heavy atom. The first-order valence-corrected chi connectivity index (χ1v) is 17.0. The Hall–Kier alpha value is -4.68. The second-order valence-electron chi connectivity index (χ2n) is 13.2. The average Bonchev–Trinajstić information content (AvgIpc) is 3.58. The van der Waals surface area contributed by atoms with Gasteiger partial charge in [-0.3, -0.25) is 0 Å². The van der Waals surface area contributed by atoms with Crippen LogP contribution in [0.1, 0.15) is 27.7 Å². The third kappa shape index (κ3) is 5.25. The number of nitrogens with zero attached hydrogens (tertiary/aromatic N) is 1. The molecule has 0 N–H and O–H groups in total. The Balaban J connectivity index is 1.26. The fraction of sp³-hybridized carbons (Fsp3) is 0.143. The monoisotopic (exact) mass is 629 g/mol. The number of rotatable bonds is 6. The summed E-state index contributed by atoms with van der Waals surface area (Å²) in [6.45, 7) is 8.40. The number of benzene rings is 6. The maximum absolute atomic E-state index is 6.47. The highest BCUT2D eigenvalue weighted by Crippen LogP contribution is 2.45. The van der Waals surface area contributed by atoms with E-state index in [-0.39, 0.29) is 0 Å². The zero-order valence-electron chi connectivity index (χ0n) is 27.1. The summed E-state index contributed by atoms with van der Waals surface area (Å²) in [6, 6.07) is 52.1. The molecule has 0 spiro atoms. The van der Waals surface area contributed by atoms with Crippen LogP contribution in [0, 0.1) is 0 Å². The molecule has 1 saturated heterocycles. The lowest BCUT2D eigenvalue weighted by atomic mass is 9.74. The van der Waals surface area contributed by atoms with E-state index >= 15 is 0 Å². The molecule has 1 aromatic heterocycles. The predicted molar refractivity (Wildman–Crippen MR) is 201 cm³/mol. The van der Waals surface area contributed by atoms with Crippen LogP contribution in [0.15, 0.2) is 146 Å². The molecule has 1 aliphatic rings. The number of thiophene rings is 1. The Morgan fingerprint density at radius 3 is 1.68 bits per heavy atom. The van der Waals surface area contributed by atoms with Gasteiger partial charge in [0, 0.05) is 42.8 Å². The van der Waals surface area contributed by atoms with Gasteiger partial charge in [-0.2, -0.15) is 0 Å². The van der Waals surface area contributed by atoms with Gasteiger partial charge in [-0.05, 0) is 92.3 Å². The Labute approximate surface area is 281 Å². The molecule has 5 heteroatoms. The van der Waals surface area contributed by atoms with E-state index in [1.54, 1.807) is 0 Å². The van der Waals surface area contributed by atoms with Crippen molar-refractivity contribution >= 4 is 61.2 Å². The van der Waals surface area contributed by atoms with Crippen LogP contribution in [0.2, 0.25) is 0 Å². The van der Waals surface area contributed by atoms with Gasteiger partial charge in [0.2, 0.25) is 0 Å². The molecule has 0 amide bonds. The Bertz CT molecular complexity index is 2150. The topological polar surface area (TPSA) is 21.7 Å². The van der Waals surface area contributed by atoms with Crippen LogP contribution >= 0.6 is 11.3 Å². The van der Waals surface area contributed by atoms with Crippen molar-refractivity contribution in [2.75, 3.05) is 4.90 Å². The van der Waals surface area contributed by atoms with Gasteiger partial charge in [0.25, 0.3) is 0 Å². The molecule has 0 atom stereocenters. The van der Waals surface area contributed by atoms with Gasteiger partial charge in [0.15, 0.2) is 0 Å².